The summed E-state index contributed by atoms with van der Waals surface area (Å²) < 4.78 is 0. The second-order valence-electron chi connectivity index (χ2n) is 5.79. The lowest BCUT2D eigenvalue weighted by Crippen LogP contribution is -1.93. The topological polar surface area (TPSA) is 43.1 Å². The van der Waals surface area contributed by atoms with Crippen molar-refractivity contribution in [1.29, 1.82) is 0 Å². The summed E-state index contributed by atoms with van der Waals surface area (Å²) >= 11 is 14.9. The van der Waals surface area contributed by atoms with E-state index in [1.54, 1.807) is 42.1 Å². The molecule has 0 radical (unpaired) electrons. The van der Waals surface area contributed by atoms with Crippen LogP contribution in [-0.4, -0.2) is 4.92 Å². The first-order chi connectivity index (χ1) is 12.9. The van der Waals surface area contributed by atoms with Crippen LogP contribution >= 0.6 is 46.7 Å². The molecule has 0 aliphatic rings. The summed E-state index contributed by atoms with van der Waals surface area (Å²) in [7, 11) is 0. The number of aryl methyl sites for hydroxylation is 1. The second kappa shape index (κ2) is 9.02. The molecule has 0 fully saturated rings. The van der Waals surface area contributed by atoms with Gasteiger partial charge in [-0.15, -0.1) is 11.8 Å². The number of nitrogens with zero attached hydrogens (tertiary/aromatic N) is 1. The summed E-state index contributed by atoms with van der Waals surface area (Å²) in [6.07, 6.45) is 0. The highest BCUT2D eigenvalue weighted by Crippen LogP contribution is 2.38. The zero-order valence-corrected chi connectivity index (χ0v) is 17.5. The third-order valence-electron chi connectivity index (χ3n) is 3.83. The van der Waals surface area contributed by atoms with E-state index in [1.165, 1.54) is 22.2 Å². The summed E-state index contributed by atoms with van der Waals surface area (Å²) in [5.41, 5.74) is 2.20. The number of rotatable bonds is 6. The molecular weight excluding hydrogens is 421 g/mol. The molecule has 3 aromatic rings. The molecule has 0 saturated carbocycles. The van der Waals surface area contributed by atoms with Crippen molar-refractivity contribution in [2.75, 3.05) is 0 Å². The van der Waals surface area contributed by atoms with Crippen molar-refractivity contribution in [3.63, 3.8) is 0 Å². The molecule has 3 nitrogen and oxygen atoms in total. The maximum Gasteiger partial charge on any atom is 0.283 e. The number of nitro benzene ring substituents is 1. The largest absolute Gasteiger partial charge is 0.283 e. The van der Waals surface area contributed by atoms with Crippen LogP contribution in [0.1, 0.15) is 11.1 Å². The summed E-state index contributed by atoms with van der Waals surface area (Å²) in [5, 5.41) is 12.4. The molecule has 0 unspecified atom stereocenters. The average molecular weight is 436 g/mol. The van der Waals surface area contributed by atoms with Crippen LogP contribution in [-0.2, 0) is 5.75 Å². The first-order valence-electron chi connectivity index (χ1n) is 8.02. The molecule has 0 saturated heterocycles. The van der Waals surface area contributed by atoms with Gasteiger partial charge in [-0.2, -0.15) is 0 Å². The van der Waals surface area contributed by atoms with Crippen molar-refractivity contribution in [3.05, 3.63) is 92.0 Å². The van der Waals surface area contributed by atoms with Crippen molar-refractivity contribution >= 4 is 52.4 Å². The lowest BCUT2D eigenvalue weighted by atomic mass is 10.2. The predicted molar refractivity (Wildman–Crippen MR) is 114 cm³/mol. The fourth-order valence-electron chi connectivity index (χ4n) is 2.43. The Kier molecular flexibility index (Phi) is 6.71. The van der Waals surface area contributed by atoms with Crippen molar-refractivity contribution < 1.29 is 4.92 Å². The summed E-state index contributed by atoms with van der Waals surface area (Å²) in [4.78, 5) is 13.8. The molecule has 7 heteroatoms. The van der Waals surface area contributed by atoms with E-state index in [0.29, 0.717) is 20.7 Å². The third kappa shape index (κ3) is 5.20. The first-order valence-corrected chi connectivity index (χ1v) is 10.6. The molecule has 0 amide bonds. The van der Waals surface area contributed by atoms with Crippen LogP contribution < -0.4 is 0 Å². The first kappa shape index (κ1) is 20.1. The van der Waals surface area contributed by atoms with E-state index >= 15 is 0 Å². The standard InChI is InChI=1S/C20H15Cl2NO2S2/c1-13-4-2-3-5-19(13)26-12-14-6-9-20(18(10-14)23(24)25)27-15-7-8-16(21)17(22)11-15/h2-11H,12H2,1H3. The fourth-order valence-corrected chi connectivity index (χ4v) is 4.70. The monoisotopic (exact) mass is 435 g/mol. The Morgan fingerprint density at radius 3 is 2.44 bits per heavy atom. The summed E-state index contributed by atoms with van der Waals surface area (Å²) in [6.45, 7) is 2.06. The predicted octanol–water partition coefficient (Wildman–Crippen LogP) is 7.65. The maximum atomic E-state index is 11.6. The van der Waals surface area contributed by atoms with E-state index in [4.69, 9.17) is 23.2 Å². The Morgan fingerprint density at radius 2 is 1.74 bits per heavy atom. The van der Waals surface area contributed by atoms with Crippen LogP contribution in [0.2, 0.25) is 10.0 Å². The lowest BCUT2D eigenvalue weighted by molar-refractivity contribution is -0.387. The van der Waals surface area contributed by atoms with Crippen molar-refractivity contribution in [3.8, 4) is 0 Å². The lowest BCUT2D eigenvalue weighted by Gasteiger charge is -2.08. The van der Waals surface area contributed by atoms with E-state index in [2.05, 4.69) is 19.1 Å². The Morgan fingerprint density at radius 1 is 0.963 bits per heavy atom. The van der Waals surface area contributed by atoms with E-state index < -0.39 is 0 Å². The SMILES string of the molecule is Cc1ccccc1SCc1ccc(Sc2ccc(Cl)c(Cl)c2)c([N+](=O)[O-])c1. The van der Waals surface area contributed by atoms with Crippen LogP contribution in [0.15, 0.2) is 75.4 Å². The molecule has 0 bridgehead atoms. The molecule has 3 aromatic carbocycles. The second-order valence-corrected chi connectivity index (χ2v) is 8.74. The van der Waals surface area contributed by atoms with Gasteiger partial charge >= 0.3 is 0 Å². The van der Waals surface area contributed by atoms with Crippen LogP contribution in [0.5, 0.6) is 0 Å². The maximum absolute atomic E-state index is 11.6. The van der Waals surface area contributed by atoms with E-state index in [-0.39, 0.29) is 10.6 Å². The smallest absolute Gasteiger partial charge is 0.258 e. The average Bonchev–Trinajstić information content (AvgIpc) is 2.65. The minimum Gasteiger partial charge on any atom is -0.258 e. The highest BCUT2D eigenvalue weighted by molar-refractivity contribution is 7.99. The third-order valence-corrected chi connectivity index (χ3v) is 6.87. The number of benzene rings is 3. The van der Waals surface area contributed by atoms with E-state index in [0.717, 1.165) is 10.5 Å². The normalized spacial score (nSPS) is 10.8. The number of nitro groups is 1. The highest BCUT2D eigenvalue weighted by Gasteiger charge is 2.16. The van der Waals surface area contributed by atoms with Crippen molar-refractivity contribution in [2.45, 2.75) is 27.4 Å². The molecular formula is C20H15Cl2NO2S2. The molecule has 0 aromatic heterocycles. The van der Waals surface area contributed by atoms with Gasteiger partial charge in [0.2, 0.25) is 0 Å². The molecule has 3 rings (SSSR count). The van der Waals surface area contributed by atoms with Crippen molar-refractivity contribution in [2.24, 2.45) is 0 Å². The molecule has 0 atom stereocenters. The van der Waals surface area contributed by atoms with E-state index in [9.17, 15) is 10.1 Å². The van der Waals surface area contributed by atoms with Crippen molar-refractivity contribution in [1.82, 2.24) is 0 Å². The van der Waals surface area contributed by atoms with Gasteiger partial charge in [-0.25, -0.2) is 0 Å². The number of thioether (sulfide) groups is 1. The summed E-state index contributed by atoms with van der Waals surface area (Å²) in [6, 6.07) is 18.7. The van der Waals surface area contributed by atoms with Crippen LogP contribution in [0.25, 0.3) is 0 Å². The highest BCUT2D eigenvalue weighted by atomic mass is 35.5. The molecule has 138 valence electrons. The Hall–Kier alpha value is -1.66. The number of halogens is 2. The fraction of sp³-hybridized carbons (Fsp3) is 0.100. The van der Waals surface area contributed by atoms with Gasteiger partial charge in [0.15, 0.2) is 0 Å². The van der Waals surface area contributed by atoms with Gasteiger partial charge in [-0.05, 0) is 48.4 Å². The zero-order valence-electron chi connectivity index (χ0n) is 14.3. The quantitative estimate of drug-likeness (QED) is 0.226. The van der Waals surface area contributed by atoms with Gasteiger partial charge < -0.3 is 0 Å². The summed E-state index contributed by atoms with van der Waals surface area (Å²) in [5.74, 6) is 0.670. The van der Waals surface area contributed by atoms with Crippen LogP contribution in [0.4, 0.5) is 5.69 Å². The van der Waals surface area contributed by atoms with Gasteiger partial charge in [0.25, 0.3) is 5.69 Å². The Labute approximate surface area is 176 Å². The van der Waals surface area contributed by atoms with Gasteiger partial charge in [0.1, 0.15) is 0 Å². The molecule has 27 heavy (non-hydrogen) atoms. The van der Waals surface area contributed by atoms with E-state index in [1.807, 2.05) is 18.2 Å². The molecule has 0 aliphatic heterocycles. The molecule has 0 N–H and O–H groups in total. The number of hydrogen-bond acceptors (Lipinski definition) is 4. The van der Waals surface area contributed by atoms with Crippen LogP contribution in [0, 0.1) is 17.0 Å². The minimum absolute atomic E-state index is 0.0916. The van der Waals surface area contributed by atoms with Crippen LogP contribution in [0.3, 0.4) is 0 Å². The number of hydrogen-bond donors (Lipinski definition) is 0. The van der Waals surface area contributed by atoms with Gasteiger partial charge in [0, 0.05) is 21.6 Å². The van der Waals surface area contributed by atoms with Gasteiger partial charge in [0.05, 0.1) is 19.9 Å². The molecule has 0 aliphatic carbocycles. The zero-order chi connectivity index (χ0) is 19.4. The van der Waals surface area contributed by atoms with Gasteiger partial charge in [-0.1, -0.05) is 59.2 Å². The molecule has 0 heterocycles. The Balaban J connectivity index is 1.81. The Bertz CT molecular complexity index is 995. The molecule has 0 spiro atoms. The van der Waals surface area contributed by atoms with Gasteiger partial charge in [-0.3, -0.25) is 10.1 Å². The minimum atomic E-state index is -0.345.